The average Bonchev–Trinajstić information content (AvgIpc) is 2.31. The highest BCUT2D eigenvalue weighted by Gasteiger charge is 2.27. The molecule has 3 heteroatoms. The molecule has 104 valence electrons. The van der Waals surface area contributed by atoms with E-state index in [-0.39, 0.29) is 24.0 Å². The van der Waals surface area contributed by atoms with E-state index in [2.05, 4.69) is 5.32 Å². The highest BCUT2D eigenvalue weighted by atomic mass is 16.3. The van der Waals surface area contributed by atoms with E-state index in [4.69, 9.17) is 0 Å². The van der Waals surface area contributed by atoms with Gasteiger partial charge in [-0.05, 0) is 25.7 Å². The lowest BCUT2D eigenvalue weighted by Gasteiger charge is -2.30. The van der Waals surface area contributed by atoms with E-state index in [1.54, 1.807) is 0 Å². The van der Waals surface area contributed by atoms with Crippen LogP contribution in [0.2, 0.25) is 0 Å². The van der Waals surface area contributed by atoms with Crippen molar-refractivity contribution in [2.75, 3.05) is 0 Å². The zero-order valence-electron chi connectivity index (χ0n) is 11.4. The number of carbonyl (C=O) groups is 1. The van der Waals surface area contributed by atoms with Gasteiger partial charge < -0.3 is 10.4 Å². The maximum atomic E-state index is 12.3. The van der Waals surface area contributed by atoms with Crippen LogP contribution in [0.1, 0.15) is 70.6 Å². The van der Waals surface area contributed by atoms with Gasteiger partial charge in [-0.2, -0.15) is 0 Å². The quantitative estimate of drug-likeness (QED) is 0.795. The van der Waals surface area contributed by atoms with Crippen LogP contribution in [0.5, 0.6) is 0 Å². The third-order valence-electron chi connectivity index (χ3n) is 4.53. The van der Waals surface area contributed by atoms with E-state index in [0.717, 1.165) is 38.5 Å². The largest absolute Gasteiger partial charge is 0.391 e. The third-order valence-corrected chi connectivity index (χ3v) is 4.53. The molecule has 2 aliphatic carbocycles. The summed E-state index contributed by atoms with van der Waals surface area (Å²) in [6.07, 6.45) is 12.0. The first kappa shape index (κ1) is 13.9. The molecule has 0 aliphatic heterocycles. The van der Waals surface area contributed by atoms with Gasteiger partial charge >= 0.3 is 0 Å². The summed E-state index contributed by atoms with van der Waals surface area (Å²) >= 11 is 0. The summed E-state index contributed by atoms with van der Waals surface area (Å²) in [6, 6.07) is 0.0108. The maximum absolute atomic E-state index is 12.3. The first-order valence-corrected chi connectivity index (χ1v) is 7.76. The number of carbonyl (C=O) groups excluding carboxylic acids is 1. The van der Waals surface area contributed by atoms with Gasteiger partial charge in [-0.3, -0.25) is 4.79 Å². The Kier molecular flexibility index (Phi) is 5.48. The molecule has 0 aromatic carbocycles. The molecule has 18 heavy (non-hydrogen) atoms. The van der Waals surface area contributed by atoms with E-state index in [0.29, 0.717) is 0 Å². The van der Waals surface area contributed by atoms with Gasteiger partial charge in [0, 0.05) is 5.92 Å². The van der Waals surface area contributed by atoms with Crippen LogP contribution >= 0.6 is 0 Å². The molecule has 0 saturated heterocycles. The Balaban J connectivity index is 1.81. The molecule has 2 N–H and O–H groups in total. The summed E-state index contributed by atoms with van der Waals surface area (Å²) in [6.45, 7) is 0. The maximum Gasteiger partial charge on any atom is 0.223 e. The fourth-order valence-electron chi connectivity index (χ4n) is 3.30. The Labute approximate surface area is 110 Å². The van der Waals surface area contributed by atoms with E-state index in [1.807, 2.05) is 0 Å². The molecule has 2 aliphatic rings. The van der Waals surface area contributed by atoms with Crippen molar-refractivity contribution in [2.24, 2.45) is 5.92 Å². The van der Waals surface area contributed by atoms with Crippen molar-refractivity contribution in [3.05, 3.63) is 0 Å². The van der Waals surface area contributed by atoms with Crippen molar-refractivity contribution < 1.29 is 9.90 Å². The number of aliphatic hydroxyl groups is 1. The SMILES string of the molecule is O=C(N[C@H]1CCCC[C@@H]1O)C1CCCCCCC1. The van der Waals surface area contributed by atoms with Gasteiger partial charge in [0.2, 0.25) is 5.91 Å². The predicted octanol–water partition coefficient (Wildman–Crippen LogP) is 2.77. The van der Waals surface area contributed by atoms with Crippen LogP contribution in [0.3, 0.4) is 0 Å². The Bertz CT molecular complexity index is 259. The Hall–Kier alpha value is -0.570. The van der Waals surface area contributed by atoms with Gasteiger partial charge in [-0.15, -0.1) is 0 Å². The lowest BCUT2D eigenvalue weighted by atomic mass is 9.88. The van der Waals surface area contributed by atoms with Crippen molar-refractivity contribution in [1.29, 1.82) is 0 Å². The number of amides is 1. The molecule has 2 saturated carbocycles. The number of hydrogen-bond acceptors (Lipinski definition) is 2. The minimum atomic E-state index is -0.323. The second-order valence-electron chi connectivity index (χ2n) is 6.01. The Morgan fingerprint density at radius 2 is 1.39 bits per heavy atom. The predicted molar refractivity (Wildman–Crippen MR) is 72.2 cm³/mol. The molecule has 1 amide bonds. The van der Waals surface area contributed by atoms with E-state index in [1.165, 1.54) is 32.1 Å². The number of hydrogen-bond donors (Lipinski definition) is 2. The van der Waals surface area contributed by atoms with Gasteiger partial charge in [0.1, 0.15) is 0 Å². The molecule has 0 aromatic heterocycles. The second-order valence-corrected chi connectivity index (χ2v) is 6.01. The minimum absolute atomic E-state index is 0.0108. The van der Waals surface area contributed by atoms with E-state index in [9.17, 15) is 9.90 Å². The summed E-state index contributed by atoms with van der Waals surface area (Å²) in [5.74, 6) is 0.391. The molecule has 0 radical (unpaired) electrons. The third kappa shape index (κ3) is 3.98. The zero-order valence-corrected chi connectivity index (χ0v) is 11.4. The zero-order chi connectivity index (χ0) is 12.8. The molecule has 2 rings (SSSR count). The fourth-order valence-corrected chi connectivity index (χ4v) is 3.30. The highest BCUT2D eigenvalue weighted by molar-refractivity contribution is 5.79. The fraction of sp³-hybridized carbons (Fsp3) is 0.933. The smallest absolute Gasteiger partial charge is 0.223 e. The van der Waals surface area contributed by atoms with Crippen molar-refractivity contribution in [3.63, 3.8) is 0 Å². The molecule has 0 heterocycles. The monoisotopic (exact) mass is 253 g/mol. The van der Waals surface area contributed by atoms with E-state index >= 15 is 0 Å². The first-order valence-electron chi connectivity index (χ1n) is 7.76. The van der Waals surface area contributed by atoms with Crippen molar-refractivity contribution in [3.8, 4) is 0 Å². The lowest BCUT2D eigenvalue weighted by molar-refractivity contribution is -0.127. The molecule has 3 nitrogen and oxygen atoms in total. The van der Waals surface area contributed by atoms with Crippen LogP contribution in [0.15, 0.2) is 0 Å². The molecular formula is C15H27NO2. The van der Waals surface area contributed by atoms with Gasteiger partial charge in [-0.25, -0.2) is 0 Å². The highest BCUT2D eigenvalue weighted by Crippen LogP contribution is 2.24. The van der Waals surface area contributed by atoms with Crippen molar-refractivity contribution >= 4 is 5.91 Å². The van der Waals surface area contributed by atoms with Crippen molar-refractivity contribution in [1.82, 2.24) is 5.32 Å². The summed E-state index contributed by atoms with van der Waals surface area (Å²) in [4.78, 5) is 12.3. The van der Waals surface area contributed by atoms with Crippen molar-refractivity contribution in [2.45, 2.75) is 82.8 Å². The van der Waals surface area contributed by atoms with Gasteiger partial charge in [-0.1, -0.05) is 44.9 Å². The van der Waals surface area contributed by atoms with E-state index < -0.39 is 0 Å². The average molecular weight is 253 g/mol. The standard InChI is InChI=1S/C15H27NO2/c17-14-11-7-6-10-13(14)16-15(18)12-8-4-2-1-3-5-9-12/h12-14,17H,1-11H2,(H,16,18)/t13-,14-/m0/s1. The summed E-state index contributed by atoms with van der Waals surface area (Å²) in [5, 5.41) is 13.0. The molecular weight excluding hydrogens is 226 g/mol. The van der Waals surface area contributed by atoms with Gasteiger partial charge in [0.05, 0.1) is 12.1 Å². The summed E-state index contributed by atoms with van der Waals surface area (Å²) in [7, 11) is 0. The lowest BCUT2D eigenvalue weighted by Crippen LogP contribution is -2.47. The Morgan fingerprint density at radius 1 is 0.833 bits per heavy atom. The molecule has 2 atom stereocenters. The van der Waals surface area contributed by atoms with Crippen LogP contribution < -0.4 is 5.32 Å². The second kappa shape index (κ2) is 7.13. The number of nitrogens with one attached hydrogen (secondary N) is 1. The normalized spacial score (nSPS) is 31.4. The summed E-state index contributed by atoms with van der Waals surface area (Å²) < 4.78 is 0. The molecule has 0 aromatic rings. The van der Waals surface area contributed by atoms with Crippen LogP contribution in [-0.2, 0) is 4.79 Å². The minimum Gasteiger partial charge on any atom is -0.391 e. The molecule has 2 fully saturated rings. The van der Waals surface area contributed by atoms with Gasteiger partial charge in [0.15, 0.2) is 0 Å². The van der Waals surface area contributed by atoms with Crippen LogP contribution in [0.4, 0.5) is 0 Å². The van der Waals surface area contributed by atoms with Crippen LogP contribution in [0.25, 0.3) is 0 Å². The topological polar surface area (TPSA) is 49.3 Å². The van der Waals surface area contributed by atoms with Crippen LogP contribution in [-0.4, -0.2) is 23.2 Å². The molecule has 0 unspecified atom stereocenters. The number of rotatable bonds is 2. The summed E-state index contributed by atoms with van der Waals surface area (Å²) in [5.41, 5.74) is 0. The molecule has 0 spiro atoms. The molecule has 0 bridgehead atoms. The number of aliphatic hydroxyl groups excluding tert-OH is 1. The first-order chi connectivity index (χ1) is 8.77. The Morgan fingerprint density at radius 3 is 2.06 bits per heavy atom. The van der Waals surface area contributed by atoms with Crippen LogP contribution in [0, 0.1) is 5.92 Å². The van der Waals surface area contributed by atoms with Gasteiger partial charge in [0.25, 0.3) is 0 Å².